The first-order chi connectivity index (χ1) is 23.3. The first-order valence-corrected chi connectivity index (χ1v) is 16.5. The van der Waals surface area contributed by atoms with Crippen LogP contribution in [-0.4, -0.2) is 58.2 Å². The van der Waals surface area contributed by atoms with Crippen molar-refractivity contribution in [2.24, 2.45) is 0 Å². The monoisotopic (exact) mass is 671 g/mol. The molecule has 11 nitrogen and oxygen atoms in total. The fraction of sp³-hybridized carbons (Fsp3) is 0.278. The first kappa shape index (κ1) is 34.6. The molecule has 3 aromatic carbocycles. The van der Waals surface area contributed by atoms with Crippen LogP contribution < -0.4 is 10.6 Å². The van der Waals surface area contributed by atoms with Gasteiger partial charge in [0.2, 0.25) is 0 Å². The number of aromatic nitrogens is 1. The second-order valence-electron chi connectivity index (χ2n) is 11.0. The number of pyridine rings is 1. The van der Waals surface area contributed by atoms with E-state index in [1.807, 2.05) is 72.8 Å². The van der Waals surface area contributed by atoms with Gasteiger partial charge in [-0.15, -0.1) is 11.8 Å². The number of benzene rings is 3. The minimum Gasteiger partial charge on any atom is -0.478 e. The maximum atomic E-state index is 12.2. The Bertz CT molecular complexity index is 1720. The molecule has 0 bridgehead atoms. The molecular weight excluding hydrogens is 634 g/mol. The number of aromatic carboxylic acids is 1. The van der Waals surface area contributed by atoms with Gasteiger partial charge in [-0.25, -0.2) is 14.6 Å². The van der Waals surface area contributed by atoms with Gasteiger partial charge in [0.05, 0.1) is 31.0 Å². The molecule has 3 atom stereocenters. The Kier molecular flexibility index (Phi) is 12.2. The van der Waals surface area contributed by atoms with Crippen molar-refractivity contribution in [3.05, 3.63) is 119 Å². The predicted octanol–water partition coefficient (Wildman–Crippen LogP) is 5.64. The van der Waals surface area contributed by atoms with Crippen LogP contribution in [0, 0.1) is 0 Å². The molecule has 250 valence electrons. The molecule has 5 rings (SSSR count). The minimum absolute atomic E-state index is 0.0560. The molecule has 48 heavy (non-hydrogen) atoms. The molecule has 0 radical (unpaired) electrons. The largest absolute Gasteiger partial charge is 0.478 e. The highest BCUT2D eigenvalue weighted by atomic mass is 32.2. The summed E-state index contributed by atoms with van der Waals surface area (Å²) >= 11 is 1.33. The smallest absolute Gasteiger partial charge is 0.338 e. The number of carbonyl (C=O) groups excluding carboxylic acids is 2. The Balaban J connectivity index is 1.32. The maximum absolute atomic E-state index is 12.2. The SMILES string of the molecule is CCOC(=O)CNC(=O)NCc1cccc(-c2cccc([C@@H]3O[C@H](CSc4ncccc4C(=O)O)C[C@H](c4ccc(CO)cc4)O3)c2)c1. The van der Waals surface area contributed by atoms with Gasteiger partial charge in [0.25, 0.3) is 0 Å². The highest BCUT2D eigenvalue weighted by Gasteiger charge is 2.33. The van der Waals surface area contributed by atoms with Gasteiger partial charge in [-0.3, -0.25) is 4.79 Å². The Hall–Kier alpha value is -4.75. The summed E-state index contributed by atoms with van der Waals surface area (Å²) in [5.41, 5.74) is 5.42. The van der Waals surface area contributed by atoms with Crippen molar-refractivity contribution in [3.63, 3.8) is 0 Å². The summed E-state index contributed by atoms with van der Waals surface area (Å²) in [5.74, 6) is -1.08. The van der Waals surface area contributed by atoms with Gasteiger partial charge in [-0.2, -0.15) is 0 Å². The van der Waals surface area contributed by atoms with Crippen molar-refractivity contribution >= 4 is 29.7 Å². The number of carbonyl (C=O) groups is 3. The number of nitrogens with one attached hydrogen (secondary N) is 2. The Morgan fingerprint density at radius 1 is 0.917 bits per heavy atom. The second kappa shape index (κ2) is 16.9. The lowest BCUT2D eigenvalue weighted by molar-refractivity contribution is -0.245. The van der Waals surface area contributed by atoms with Crippen LogP contribution in [0.3, 0.4) is 0 Å². The van der Waals surface area contributed by atoms with Gasteiger partial charge in [0.1, 0.15) is 11.6 Å². The molecule has 2 heterocycles. The van der Waals surface area contributed by atoms with Crippen LogP contribution in [0.4, 0.5) is 4.79 Å². The van der Waals surface area contributed by atoms with Crippen LogP contribution in [0.5, 0.6) is 0 Å². The molecule has 1 aliphatic heterocycles. The molecule has 1 fully saturated rings. The molecule has 0 aliphatic carbocycles. The number of carboxylic acid groups (broad SMARTS) is 1. The van der Waals surface area contributed by atoms with Crippen LogP contribution in [-0.2, 0) is 32.2 Å². The number of urea groups is 1. The number of hydrogen-bond acceptors (Lipinski definition) is 9. The van der Waals surface area contributed by atoms with Crippen molar-refractivity contribution in [1.29, 1.82) is 0 Å². The summed E-state index contributed by atoms with van der Waals surface area (Å²) in [4.78, 5) is 39.7. The first-order valence-electron chi connectivity index (χ1n) is 15.5. The Morgan fingerprint density at radius 2 is 1.69 bits per heavy atom. The van der Waals surface area contributed by atoms with Crippen LogP contribution in [0.1, 0.15) is 58.4 Å². The van der Waals surface area contributed by atoms with Crippen LogP contribution in [0.2, 0.25) is 0 Å². The summed E-state index contributed by atoms with van der Waals surface area (Å²) < 4.78 is 17.8. The number of thioether (sulfide) groups is 1. The molecule has 1 saturated heterocycles. The molecule has 0 unspecified atom stereocenters. The lowest BCUT2D eigenvalue weighted by Crippen LogP contribution is -2.38. The third-order valence-corrected chi connectivity index (χ3v) is 8.73. The van der Waals surface area contributed by atoms with Gasteiger partial charge in [-0.05, 0) is 59.0 Å². The van der Waals surface area contributed by atoms with E-state index in [1.54, 1.807) is 19.2 Å². The van der Waals surface area contributed by atoms with E-state index in [1.165, 1.54) is 17.8 Å². The van der Waals surface area contributed by atoms with E-state index in [0.29, 0.717) is 17.2 Å². The summed E-state index contributed by atoms with van der Waals surface area (Å²) in [7, 11) is 0. The maximum Gasteiger partial charge on any atom is 0.338 e. The number of esters is 1. The highest BCUT2D eigenvalue weighted by molar-refractivity contribution is 7.99. The molecule has 2 amide bonds. The lowest BCUT2D eigenvalue weighted by Gasteiger charge is -2.36. The number of aliphatic hydroxyl groups is 1. The highest BCUT2D eigenvalue weighted by Crippen LogP contribution is 2.40. The van der Waals surface area contributed by atoms with Crippen LogP contribution in [0.25, 0.3) is 11.1 Å². The zero-order valence-electron chi connectivity index (χ0n) is 26.3. The molecule has 4 aromatic rings. The number of nitrogens with zero attached hydrogens (tertiary/aromatic N) is 1. The van der Waals surface area contributed by atoms with E-state index in [2.05, 4.69) is 15.6 Å². The van der Waals surface area contributed by atoms with Crippen molar-refractivity contribution in [3.8, 4) is 11.1 Å². The average molecular weight is 672 g/mol. The number of carboxylic acids is 1. The van der Waals surface area contributed by atoms with E-state index in [0.717, 1.165) is 33.4 Å². The van der Waals surface area contributed by atoms with E-state index in [9.17, 15) is 24.6 Å². The number of rotatable bonds is 13. The van der Waals surface area contributed by atoms with E-state index in [4.69, 9.17) is 14.2 Å². The van der Waals surface area contributed by atoms with Gasteiger partial charge in [0.15, 0.2) is 6.29 Å². The number of amides is 2. The fourth-order valence-corrected chi connectivity index (χ4v) is 6.20. The third-order valence-electron chi connectivity index (χ3n) is 7.59. The standard InChI is InChI=1S/C36H37N3O8S/c1-2-45-32(41)20-39-36(44)38-19-24-6-3-7-26(16-24)27-8-4-9-28(17-27)35-46-29(22-48-33-30(34(42)43)10-5-15-37-33)18-31(47-35)25-13-11-23(21-40)12-14-25/h3-17,29,31,35,40H,2,18-22H2,1H3,(H,42,43)(H2,38,39,44)/t29-,31+,35+/m0/s1. The zero-order chi connectivity index (χ0) is 33.9. The molecule has 12 heteroatoms. The van der Waals surface area contributed by atoms with Gasteiger partial charge >= 0.3 is 18.0 Å². The van der Waals surface area contributed by atoms with Crippen molar-refractivity contribution in [2.45, 2.75) is 50.0 Å². The molecule has 1 aromatic heterocycles. The molecule has 1 aliphatic rings. The van der Waals surface area contributed by atoms with Gasteiger partial charge < -0.3 is 35.1 Å². The van der Waals surface area contributed by atoms with Crippen LogP contribution in [0.15, 0.2) is 96.2 Å². The summed E-state index contributed by atoms with van der Waals surface area (Å²) in [6.07, 6.45) is 0.818. The van der Waals surface area contributed by atoms with E-state index >= 15 is 0 Å². The molecule has 4 N–H and O–H groups in total. The number of ether oxygens (including phenoxy) is 3. The summed E-state index contributed by atoms with van der Waals surface area (Å²) in [6, 6.07) is 25.9. The topological polar surface area (TPSA) is 156 Å². The Morgan fingerprint density at radius 3 is 2.44 bits per heavy atom. The normalized spacial score (nSPS) is 17.3. The third kappa shape index (κ3) is 9.41. The van der Waals surface area contributed by atoms with Crippen molar-refractivity contribution in [1.82, 2.24) is 15.6 Å². The van der Waals surface area contributed by atoms with Gasteiger partial charge in [-0.1, -0.05) is 60.7 Å². The van der Waals surface area contributed by atoms with Crippen molar-refractivity contribution < 1.29 is 38.8 Å². The second-order valence-corrected chi connectivity index (χ2v) is 12.0. The van der Waals surface area contributed by atoms with E-state index < -0.39 is 24.3 Å². The van der Waals surface area contributed by atoms with Crippen LogP contribution >= 0.6 is 11.8 Å². The minimum atomic E-state index is -1.04. The predicted molar refractivity (Wildman–Crippen MR) is 179 cm³/mol. The number of aliphatic hydroxyl groups excluding tert-OH is 1. The number of hydrogen-bond donors (Lipinski definition) is 4. The van der Waals surface area contributed by atoms with Crippen molar-refractivity contribution in [2.75, 3.05) is 18.9 Å². The average Bonchev–Trinajstić information content (AvgIpc) is 3.12. The van der Waals surface area contributed by atoms with E-state index in [-0.39, 0.29) is 44.1 Å². The Labute approximate surface area is 282 Å². The summed E-state index contributed by atoms with van der Waals surface area (Å²) in [6.45, 7) is 1.94. The fourth-order valence-electron chi connectivity index (χ4n) is 5.20. The summed E-state index contributed by atoms with van der Waals surface area (Å²) in [5, 5.41) is 24.8. The molecule has 0 saturated carbocycles. The lowest BCUT2D eigenvalue weighted by atomic mass is 9.99. The zero-order valence-corrected chi connectivity index (χ0v) is 27.2. The quantitative estimate of drug-likeness (QED) is 0.104. The molecule has 0 spiro atoms. The molecular formula is C36H37N3O8S. The van der Waals surface area contributed by atoms with Gasteiger partial charge in [0, 0.05) is 30.5 Å².